The van der Waals surface area contributed by atoms with Gasteiger partial charge in [0.2, 0.25) is 0 Å². The Balaban J connectivity index is 3.41. The predicted octanol–water partition coefficient (Wildman–Crippen LogP) is 1.96. The van der Waals surface area contributed by atoms with Crippen LogP contribution in [-0.4, -0.2) is 17.0 Å². The standard InChI is InChI=1S/C7H7ClN2O3/c1-4-3-9-7(13-2)6(5(4)8)10(11)12/h3H,1-2H3. The molecule has 0 fully saturated rings. The smallest absolute Gasteiger partial charge is 0.349 e. The number of pyridine rings is 1. The molecule has 0 saturated carbocycles. The summed E-state index contributed by atoms with van der Waals surface area (Å²) in [6.07, 6.45) is 1.42. The van der Waals surface area contributed by atoms with Crippen LogP contribution < -0.4 is 4.74 Å². The Bertz CT molecular complexity index is 354. The number of aryl methyl sites for hydroxylation is 1. The molecule has 0 atom stereocenters. The van der Waals surface area contributed by atoms with Gasteiger partial charge in [0.1, 0.15) is 5.02 Å². The third kappa shape index (κ3) is 1.70. The quantitative estimate of drug-likeness (QED) is 0.543. The number of hydrogen-bond acceptors (Lipinski definition) is 4. The monoisotopic (exact) mass is 202 g/mol. The van der Waals surface area contributed by atoms with Crippen molar-refractivity contribution in [3.05, 3.63) is 26.9 Å². The summed E-state index contributed by atoms with van der Waals surface area (Å²) in [5.74, 6) is -0.0689. The van der Waals surface area contributed by atoms with Gasteiger partial charge in [-0.25, -0.2) is 4.98 Å². The van der Waals surface area contributed by atoms with E-state index < -0.39 is 4.92 Å². The lowest BCUT2D eigenvalue weighted by atomic mass is 10.3. The fourth-order valence-corrected chi connectivity index (χ4v) is 1.06. The van der Waals surface area contributed by atoms with Gasteiger partial charge in [0.05, 0.1) is 12.0 Å². The van der Waals surface area contributed by atoms with Gasteiger partial charge in [0, 0.05) is 6.20 Å². The molecular weight excluding hydrogens is 196 g/mol. The van der Waals surface area contributed by atoms with Crippen LogP contribution in [0.5, 0.6) is 5.88 Å². The van der Waals surface area contributed by atoms with Crippen molar-refractivity contribution in [2.75, 3.05) is 7.11 Å². The van der Waals surface area contributed by atoms with Crippen LogP contribution in [0.2, 0.25) is 5.02 Å². The lowest BCUT2D eigenvalue weighted by Crippen LogP contribution is -1.98. The highest BCUT2D eigenvalue weighted by molar-refractivity contribution is 6.33. The van der Waals surface area contributed by atoms with E-state index in [0.717, 1.165) is 0 Å². The molecule has 1 aromatic rings. The molecular formula is C7H7ClN2O3. The molecule has 0 unspecified atom stereocenters. The molecule has 1 rings (SSSR count). The van der Waals surface area contributed by atoms with Crippen LogP contribution in [-0.2, 0) is 0 Å². The highest BCUT2D eigenvalue weighted by Crippen LogP contribution is 2.34. The number of halogens is 1. The number of nitro groups is 1. The van der Waals surface area contributed by atoms with Gasteiger partial charge in [-0.2, -0.15) is 0 Å². The van der Waals surface area contributed by atoms with Crippen molar-refractivity contribution in [1.29, 1.82) is 0 Å². The maximum absolute atomic E-state index is 10.6. The SMILES string of the molecule is COc1ncc(C)c(Cl)c1[N+](=O)[O-]. The number of hydrogen-bond donors (Lipinski definition) is 0. The summed E-state index contributed by atoms with van der Waals surface area (Å²) in [6, 6.07) is 0. The van der Waals surface area contributed by atoms with Crippen LogP contribution in [0.15, 0.2) is 6.20 Å². The van der Waals surface area contributed by atoms with E-state index in [1.54, 1.807) is 6.92 Å². The molecule has 6 heteroatoms. The van der Waals surface area contributed by atoms with E-state index in [-0.39, 0.29) is 16.6 Å². The zero-order chi connectivity index (χ0) is 10.0. The molecule has 5 nitrogen and oxygen atoms in total. The highest BCUT2D eigenvalue weighted by Gasteiger charge is 2.22. The molecule has 0 radical (unpaired) electrons. The first-order valence-electron chi connectivity index (χ1n) is 3.41. The molecule has 0 amide bonds. The van der Waals surface area contributed by atoms with E-state index in [2.05, 4.69) is 4.98 Å². The Kier molecular flexibility index (Phi) is 2.67. The normalized spacial score (nSPS) is 9.77. The third-order valence-corrected chi connectivity index (χ3v) is 1.99. The summed E-state index contributed by atoms with van der Waals surface area (Å²) in [5.41, 5.74) is 0.262. The second kappa shape index (κ2) is 3.57. The average molecular weight is 203 g/mol. The lowest BCUT2D eigenvalue weighted by Gasteiger charge is -2.02. The van der Waals surface area contributed by atoms with Crippen molar-refractivity contribution in [2.24, 2.45) is 0 Å². The zero-order valence-corrected chi connectivity index (χ0v) is 7.83. The van der Waals surface area contributed by atoms with Crippen molar-refractivity contribution < 1.29 is 9.66 Å². The summed E-state index contributed by atoms with van der Waals surface area (Å²) in [6.45, 7) is 1.64. The molecule has 70 valence electrons. The molecule has 13 heavy (non-hydrogen) atoms. The molecule has 0 spiro atoms. The minimum atomic E-state index is -0.610. The van der Waals surface area contributed by atoms with Gasteiger partial charge >= 0.3 is 5.69 Å². The minimum Gasteiger partial charge on any atom is -0.476 e. The van der Waals surface area contributed by atoms with Crippen LogP contribution >= 0.6 is 11.6 Å². The molecule has 0 bridgehead atoms. The third-order valence-electron chi connectivity index (χ3n) is 1.51. The van der Waals surface area contributed by atoms with Crippen LogP contribution in [0, 0.1) is 17.0 Å². The van der Waals surface area contributed by atoms with Crippen molar-refractivity contribution in [3.8, 4) is 5.88 Å². The van der Waals surface area contributed by atoms with Crippen molar-refractivity contribution in [3.63, 3.8) is 0 Å². The molecule has 0 N–H and O–H groups in total. The van der Waals surface area contributed by atoms with Gasteiger partial charge in [0.15, 0.2) is 0 Å². The van der Waals surface area contributed by atoms with E-state index in [0.29, 0.717) is 5.56 Å². The lowest BCUT2D eigenvalue weighted by molar-refractivity contribution is -0.386. The minimum absolute atomic E-state index is 0.0665. The number of methoxy groups -OCH3 is 1. The molecule has 0 aliphatic carbocycles. The summed E-state index contributed by atoms with van der Waals surface area (Å²) in [5, 5.41) is 10.6. The number of rotatable bonds is 2. The molecule has 0 aliphatic heterocycles. The largest absolute Gasteiger partial charge is 0.476 e. The summed E-state index contributed by atoms with van der Waals surface area (Å²) >= 11 is 5.71. The van der Waals surface area contributed by atoms with Gasteiger partial charge in [-0.15, -0.1) is 0 Å². The Morgan fingerprint density at radius 1 is 1.69 bits per heavy atom. The topological polar surface area (TPSA) is 65.3 Å². The maximum atomic E-state index is 10.6. The van der Waals surface area contributed by atoms with E-state index in [1.165, 1.54) is 13.3 Å². The van der Waals surface area contributed by atoms with Gasteiger partial charge in [-0.1, -0.05) is 11.6 Å². The zero-order valence-electron chi connectivity index (χ0n) is 7.07. The highest BCUT2D eigenvalue weighted by atomic mass is 35.5. The summed E-state index contributed by atoms with van der Waals surface area (Å²) in [4.78, 5) is 13.7. The second-order valence-corrected chi connectivity index (χ2v) is 2.75. The van der Waals surface area contributed by atoms with Gasteiger partial charge in [0.25, 0.3) is 5.88 Å². The van der Waals surface area contributed by atoms with Crippen LogP contribution in [0.4, 0.5) is 5.69 Å². The number of nitrogens with zero attached hydrogens (tertiary/aromatic N) is 2. The molecule has 1 aromatic heterocycles. The summed E-state index contributed by atoms with van der Waals surface area (Å²) in [7, 11) is 1.31. The Morgan fingerprint density at radius 2 is 2.31 bits per heavy atom. The Hall–Kier alpha value is -1.36. The van der Waals surface area contributed by atoms with E-state index in [1.807, 2.05) is 0 Å². The Morgan fingerprint density at radius 3 is 2.77 bits per heavy atom. The van der Waals surface area contributed by atoms with Gasteiger partial charge in [-0.05, 0) is 12.5 Å². The molecule has 0 aliphatic rings. The van der Waals surface area contributed by atoms with E-state index in [4.69, 9.17) is 16.3 Å². The number of aromatic nitrogens is 1. The van der Waals surface area contributed by atoms with Crippen LogP contribution in [0.3, 0.4) is 0 Å². The first-order chi connectivity index (χ1) is 6.07. The van der Waals surface area contributed by atoms with Gasteiger partial charge in [-0.3, -0.25) is 10.1 Å². The molecule has 0 aromatic carbocycles. The van der Waals surface area contributed by atoms with Crippen molar-refractivity contribution in [2.45, 2.75) is 6.92 Å². The first kappa shape index (κ1) is 9.73. The first-order valence-corrected chi connectivity index (χ1v) is 3.79. The van der Waals surface area contributed by atoms with Gasteiger partial charge < -0.3 is 4.74 Å². The van der Waals surface area contributed by atoms with Crippen LogP contribution in [0.25, 0.3) is 0 Å². The number of ether oxygens (including phenoxy) is 1. The Labute approximate surface area is 79.5 Å². The second-order valence-electron chi connectivity index (χ2n) is 2.37. The molecule has 1 heterocycles. The van der Waals surface area contributed by atoms with Crippen LogP contribution in [0.1, 0.15) is 5.56 Å². The van der Waals surface area contributed by atoms with E-state index >= 15 is 0 Å². The molecule has 0 saturated heterocycles. The summed E-state index contributed by atoms with van der Waals surface area (Å²) < 4.78 is 4.71. The van der Waals surface area contributed by atoms with Crippen molar-refractivity contribution >= 4 is 17.3 Å². The average Bonchev–Trinajstić information content (AvgIpc) is 2.08. The fourth-order valence-electron chi connectivity index (χ4n) is 0.862. The fraction of sp³-hybridized carbons (Fsp3) is 0.286. The maximum Gasteiger partial charge on any atom is 0.349 e. The predicted molar refractivity (Wildman–Crippen MR) is 47.2 cm³/mol. The van der Waals surface area contributed by atoms with Crippen molar-refractivity contribution in [1.82, 2.24) is 4.98 Å². The van der Waals surface area contributed by atoms with E-state index in [9.17, 15) is 10.1 Å².